The normalized spacial score (nSPS) is 10.9. The molecule has 0 fully saturated rings. The molecule has 3 aromatic rings. The Morgan fingerprint density at radius 3 is 2.59 bits per heavy atom. The fraction of sp³-hybridized carbons (Fsp3) is 0. The van der Waals surface area contributed by atoms with Crippen molar-refractivity contribution in [3.05, 3.63) is 51.9 Å². The van der Waals surface area contributed by atoms with Crippen LogP contribution in [0.1, 0.15) is 0 Å². The zero-order valence-corrected chi connectivity index (χ0v) is 10.8. The number of hydrogen-bond acceptors (Lipinski definition) is 2. The Balaban J connectivity index is 2.14. The summed E-state index contributed by atoms with van der Waals surface area (Å²) >= 11 is 2.22. The van der Waals surface area contributed by atoms with Crippen LogP contribution in [0.4, 0.5) is 4.39 Å². The molecule has 1 aromatic heterocycles. The summed E-state index contributed by atoms with van der Waals surface area (Å²) in [6, 6.07) is 11.9. The number of benzene rings is 2. The van der Waals surface area contributed by atoms with Gasteiger partial charge in [-0.25, -0.2) is 9.37 Å². The van der Waals surface area contributed by atoms with Crippen LogP contribution in [0.3, 0.4) is 0 Å². The van der Waals surface area contributed by atoms with E-state index in [-0.39, 0.29) is 5.82 Å². The number of halogens is 2. The number of rotatable bonds is 1. The molecule has 0 spiro atoms. The molecule has 0 amide bonds. The highest BCUT2D eigenvalue weighted by Gasteiger charge is 2.08. The van der Waals surface area contributed by atoms with Gasteiger partial charge < -0.3 is 4.42 Å². The maximum absolute atomic E-state index is 12.8. The Labute approximate surface area is 111 Å². The lowest BCUT2D eigenvalue weighted by molar-refractivity contribution is 0.616. The molecule has 2 aromatic carbocycles. The van der Waals surface area contributed by atoms with Gasteiger partial charge in [0.25, 0.3) is 0 Å². The van der Waals surface area contributed by atoms with E-state index in [1.807, 2.05) is 18.2 Å². The highest BCUT2D eigenvalue weighted by Crippen LogP contribution is 2.25. The average Bonchev–Trinajstić information content (AvgIpc) is 2.72. The Kier molecular flexibility index (Phi) is 2.58. The van der Waals surface area contributed by atoms with Crippen molar-refractivity contribution in [3.63, 3.8) is 0 Å². The van der Waals surface area contributed by atoms with E-state index in [0.717, 1.165) is 20.2 Å². The molecule has 2 nitrogen and oxygen atoms in total. The minimum absolute atomic E-state index is 0.264. The first-order chi connectivity index (χ1) is 8.22. The van der Waals surface area contributed by atoms with Crippen molar-refractivity contribution >= 4 is 33.7 Å². The summed E-state index contributed by atoms with van der Waals surface area (Å²) in [5, 5.41) is 0. The molecule has 0 saturated heterocycles. The molecule has 84 valence electrons. The first-order valence-corrected chi connectivity index (χ1v) is 6.12. The van der Waals surface area contributed by atoms with E-state index in [9.17, 15) is 4.39 Å². The van der Waals surface area contributed by atoms with Crippen LogP contribution in [-0.4, -0.2) is 4.98 Å². The first kappa shape index (κ1) is 10.7. The van der Waals surface area contributed by atoms with Gasteiger partial charge >= 0.3 is 0 Å². The second-order valence-electron chi connectivity index (χ2n) is 3.64. The third kappa shape index (κ3) is 2.04. The van der Waals surface area contributed by atoms with E-state index in [0.29, 0.717) is 5.89 Å². The number of hydrogen-bond donors (Lipinski definition) is 0. The summed E-state index contributed by atoms with van der Waals surface area (Å²) in [6.45, 7) is 0. The molecule has 0 unspecified atom stereocenters. The van der Waals surface area contributed by atoms with Gasteiger partial charge in [-0.3, -0.25) is 0 Å². The second kappa shape index (κ2) is 4.10. The van der Waals surface area contributed by atoms with Crippen LogP contribution in [0.15, 0.2) is 46.9 Å². The van der Waals surface area contributed by atoms with E-state index in [1.165, 1.54) is 12.1 Å². The van der Waals surface area contributed by atoms with Gasteiger partial charge in [0.05, 0.1) is 0 Å². The first-order valence-electron chi connectivity index (χ1n) is 5.04. The van der Waals surface area contributed by atoms with Crippen LogP contribution in [-0.2, 0) is 0 Å². The largest absolute Gasteiger partial charge is 0.436 e. The summed E-state index contributed by atoms with van der Waals surface area (Å²) < 4.78 is 19.5. The summed E-state index contributed by atoms with van der Waals surface area (Å²) in [7, 11) is 0. The van der Waals surface area contributed by atoms with E-state index >= 15 is 0 Å². The van der Waals surface area contributed by atoms with E-state index in [4.69, 9.17) is 4.42 Å². The van der Waals surface area contributed by atoms with Crippen LogP contribution < -0.4 is 0 Å². The van der Waals surface area contributed by atoms with E-state index in [1.54, 1.807) is 12.1 Å². The molecule has 4 heteroatoms. The van der Waals surface area contributed by atoms with Gasteiger partial charge in [-0.15, -0.1) is 0 Å². The minimum atomic E-state index is -0.264. The summed E-state index contributed by atoms with van der Waals surface area (Å²) in [5.41, 5.74) is 2.33. The van der Waals surface area contributed by atoms with Gasteiger partial charge in [0, 0.05) is 9.13 Å². The SMILES string of the molecule is Fc1ccc(-c2nc3ccc(I)cc3o2)cc1. The third-order valence-electron chi connectivity index (χ3n) is 2.44. The Morgan fingerprint density at radius 2 is 1.82 bits per heavy atom. The van der Waals surface area contributed by atoms with Gasteiger partial charge in [0.1, 0.15) is 11.3 Å². The highest BCUT2D eigenvalue weighted by molar-refractivity contribution is 14.1. The predicted octanol–water partition coefficient (Wildman–Crippen LogP) is 4.24. The molecule has 0 N–H and O–H groups in total. The average molecular weight is 339 g/mol. The highest BCUT2D eigenvalue weighted by atomic mass is 127. The molecular weight excluding hydrogens is 332 g/mol. The zero-order chi connectivity index (χ0) is 11.8. The number of oxazole rings is 1. The van der Waals surface area contributed by atoms with Crippen molar-refractivity contribution in [2.24, 2.45) is 0 Å². The molecule has 0 aliphatic carbocycles. The van der Waals surface area contributed by atoms with E-state index < -0.39 is 0 Å². The van der Waals surface area contributed by atoms with Crippen molar-refractivity contribution < 1.29 is 8.81 Å². The van der Waals surface area contributed by atoms with Crippen LogP contribution >= 0.6 is 22.6 Å². The van der Waals surface area contributed by atoms with Gasteiger partial charge in [-0.1, -0.05) is 0 Å². The van der Waals surface area contributed by atoms with Crippen molar-refractivity contribution in [1.29, 1.82) is 0 Å². The summed E-state index contributed by atoms with van der Waals surface area (Å²) in [4.78, 5) is 4.36. The van der Waals surface area contributed by atoms with Crippen LogP contribution in [0, 0.1) is 9.39 Å². The van der Waals surface area contributed by atoms with Crippen molar-refractivity contribution in [1.82, 2.24) is 4.98 Å². The number of aromatic nitrogens is 1. The molecule has 3 rings (SSSR count). The topological polar surface area (TPSA) is 26.0 Å². The van der Waals surface area contributed by atoms with Gasteiger partial charge in [-0.2, -0.15) is 0 Å². The fourth-order valence-electron chi connectivity index (χ4n) is 1.61. The summed E-state index contributed by atoms with van der Waals surface area (Å²) in [6.07, 6.45) is 0. The summed E-state index contributed by atoms with van der Waals surface area (Å²) in [5.74, 6) is 0.251. The van der Waals surface area contributed by atoms with Crippen molar-refractivity contribution in [3.8, 4) is 11.5 Å². The van der Waals surface area contributed by atoms with Crippen molar-refractivity contribution in [2.45, 2.75) is 0 Å². The predicted molar refractivity (Wildman–Crippen MR) is 72.1 cm³/mol. The number of fused-ring (bicyclic) bond motifs is 1. The van der Waals surface area contributed by atoms with Crippen LogP contribution in [0.2, 0.25) is 0 Å². The second-order valence-corrected chi connectivity index (χ2v) is 4.88. The molecule has 0 aliphatic rings. The molecular formula is C13H7FINO. The quantitative estimate of drug-likeness (QED) is 0.620. The number of nitrogens with zero attached hydrogens (tertiary/aromatic N) is 1. The minimum Gasteiger partial charge on any atom is -0.436 e. The molecule has 0 aliphatic heterocycles. The Morgan fingerprint density at radius 1 is 1.06 bits per heavy atom. The van der Waals surface area contributed by atoms with Gasteiger partial charge in [0.15, 0.2) is 5.58 Å². The molecule has 17 heavy (non-hydrogen) atoms. The van der Waals surface area contributed by atoms with Gasteiger partial charge in [-0.05, 0) is 65.1 Å². The zero-order valence-electron chi connectivity index (χ0n) is 8.65. The smallest absolute Gasteiger partial charge is 0.227 e. The Hall–Kier alpha value is -1.43. The lowest BCUT2D eigenvalue weighted by atomic mass is 10.2. The lowest BCUT2D eigenvalue weighted by Crippen LogP contribution is -1.77. The molecule has 0 atom stereocenters. The molecule has 0 saturated carbocycles. The van der Waals surface area contributed by atoms with E-state index in [2.05, 4.69) is 27.6 Å². The molecule has 0 radical (unpaired) electrons. The Bertz CT molecular complexity index is 675. The van der Waals surface area contributed by atoms with Crippen LogP contribution in [0.25, 0.3) is 22.6 Å². The van der Waals surface area contributed by atoms with Crippen LogP contribution in [0.5, 0.6) is 0 Å². The fourth-order valence-corrected chi connectivity index (χ4v) is 2.08. The van der Waals surface area contributed by atoms with Gasteiger partial charge in [0.2, 0.25) is 5.89 Å². The maximum Gasteiger partial charge on any atom is 0.227 e. The molecule has 0 bridgehead atoms. The molecule has 1 heterocycles. The third-order valence-corrected chi connectivity index (χ3v) is 3.11. The monoisotopic (exact) mass is 339 g/mol. The maximum atomic E-state index is 12.8. The standard InChI is InChI=1S/C13H7FINO/c14-9-3-1-8(2-4-9)13-16-11-6-5-10(15)7-12(11)17-13/h1-7H. The lowest BCUT2D eigenvalue weighted by Gasteiger charge is -1.93. The van der Waals surface area contributed by atoms with Crippen molar-refractivity contribution in [2.75, 3.05) is 0 Å².